The van der Waals surface area contributed by atoms with Gasteiger partial charge < -0.3 is 15.3 Å². The number of nitrogens with zero attached hydrogens (tertiary/aromatic N) is 2. The summed E-state index contributed by atoms with van der Waals surface area (Å²) < 4.78 is 0. The summed E-state index contributed by atoms with van der Waals surface area (Å²) in [5.74, 6) is -1.94. The number of nitro benzene ring substituents is 1. The standard InChI is InChI=1S/C20H21N3O5/c1-13-7-8-15(20(25)26)12-22(13)19(24)14-9-10-17(18(11-14)23(27)28)21-16-5-3-2-4-6-16/h2-6,9-11,13,15,21H,7-8,12H2,1H3,(H,25,26). The van der Waals surface area contributed by atoms with Gasteiger partial charge >= 0.3 is 5.97 Å². The lowest BCUT2D eigenvalue weighted by Crippen LogP contribution is -2.47. The van der Waals surface area contributed by atoms with Crippen LogP contribution in [-0.2, 0) is 4.79 Å². The summed E-state index contributed by atoms with van der Waals surface area (Å²) in [6.07, 6.45) is 1.10. The van der Waals surface area contributed by atoms with Gasteiger partial charge in [-0.1, -0.05) is 18.2 Å². The summed E-state index contributed by atoms with van der Waals surface area (Å²) in [6, 6.07) is 13.2. The molecule has 1 aliphatic rings. The van der Waals surface area contributed by atoms with Gasteiger partial charge in [-0.3, -0.25) is 19.7 Å². The number of hydrogen-bond acceptors (Lipinski definition) is 5. The maximum Gasteiger partial charge on any atom is 0.308 e. The number of aliphatic carboxylic acids is 1. The molecule has 1 saturated heterocycles. The molecule has 1 fully saturated rings. The van der Waals surface area contributed by atoms with Crippen molar-refractivity contribution in [3.63, 3.8) is 0 Å². The molecule has 2 aromatic carbocycles. The number of rotatable bonds is 5. The van der Waals surface area contributed by atoms with Crippen LogP contribution < -0.4 is 5.32 Å². The molecule has 28 heavy (non-hydrogen) atoms. The molecule has 0 spiro atoms. The van der Waals surface area contributed by atoms with Crippen molar-refractivity contribution in [2.75, 3.05) is 11.9 Å². The molecule has 2 aromatic rings. The number of benzene rings is 2. The molecule has 146 valence electrons. The second-order valence-corrected chi connectivity index (χ2v) is 6.90. The minimum atomic E-state index is -0.932. The minimum Gasteiger partial charge on any atom is -0.481 e. The van der Waals surface area contributed by atoms with Crippen LogP contribution in [0.5, 0.6) is 0 Å². The van der Waals surface area contributed by atoms with Crippen molar-refractivity contribution in [3.8, 4) is 0 Å². The molecule has 3 rings (SSSR count). The predicted octanol–water partition coefficient (Wildman–Crippen LogP) is 3.66. The van der Waals surface area contributed by atoms with Crippen LogP contribution in [0.15, 0.2) is 48.5 Å². The van der Waals surface area contributed by atoms with Crippen molar-refractivity contribution < 1.29 is 19.6 Å². The molecule has 2 atom stereocenters. The lowest BCUT2D eigenvalue weighted by atomic mass is 9.93. The Morgan fingerprint density at radius 2 is 1.89 bits per heavy atom. The highest BCUT2D eigenvalue weighted by atomic mass is 16.6. The molecule has 8 nitrogen and oxygen atoms in total. The average molecular weight is 383 g/mol. The molecular formula is C20H21N3O5. The highest BCUT2D eigenvalue weighted by Crippen LogP contribution is 2.30. The van der Waals surface area contributed by atoms with E-state index in [1.165, 1.54) is 23.1 Å². The fourth-order valence-electron chi connectivity index (χ4n) is 3.36. The van der Waals surface area contributed by atoms with Crippen LogP contribution >= 0.6 is 0 Å². The van der Waals surface area contributed by atoms with Gasteiger partial charge in [0.15, 0.2) is 0 Å². The number of para-hydroxylation sites is 1. The van der Waals surface area contributed by atoms with Gasteiger partial charge in [0.25, 0.3) is 11.6 Å². The van der Waals surface area contributed by atoms with Crippen LogP contribution in [0.1, 0.15) is 30.1 Å². The molecule has 8 heteroatoms. The number of carbonyl (C=O) groups excluding carboxylic acids is 1. The Morgan fingerprint density at radius 3 is 2.54 bits per heavy atom. The smallest absolute Gasteiger partial charge is 0.308 e. The van der Waals surface area contributed by atoms with E-state index in [0.717, 1.165) is 0 Å². The van der Waals surface area contributed by atoms with E-state index in [9.17, 15) is 24.8 Å². The number of carboxylic acids is 1. The minimum absolute atomic E-state index is 0.104. The Hall–Kier alpha value is -3.42. The average Bonchev–Trinajstić information content (AvgIpc) is 2.68. The molecule has 0 aliphatic carbocycles. The second kappa shape index (κ2) is 8.08. The van der Waals surface area contributed by atoms with Crippen molar-refractivity contribution in [1.82, 2.24) is 4.90 Å². The number of amides is 1. The van der Waals surface area contributed by atoms with E-state index in [0.29, 0.717) is 18.5 Å². The van der Waals surface area contributed by atoms with Crippen LogP contribution in [-0.4, -0.2) is 39.4 Å². The summed E-state index contributed by atoms with van der Waals surface area (Å²) in [7, 11) is 0. The highest BCUT2D eigenvalue weighted by molar-refractivity contribution is 5.96. The first kappa shape index (κ1) is 19.3. The van der Waals surface area contributed by atoms with Gasteiger partial charge in [-0.05, 0) is 44.0 Å². The normalized spacial score (nSPS) is 19.1. The highest BCUT2D eigenvalue weighted by Gasteiger charge is 2.33. The summed E-state index contributed by atoms with van der Waals surface area (Å²) in [5.41, 5.74) is 0.929. The lowest BCUT2D eigenvalue weighted by molar-refractivity contribution is -0.383. The summed E-state index contributed by atoms with van der Waals surface area (Å²) in [6.45, 7) is 1.96. The van der Waals surface area contributed by atoms with Crippen LogP contribution in [0.2, 0.25) is 0 Å². The number of nitro groups is 1. The second-order valence-electron chi connectivity index (χ2n) is 6.90. The number of piperidine rings is 1. The molecule has 1 aliphatic heterocycles. The monoisotopic (exact) mass is 383 g/mol. The Kier molecular flexibility index (Phi) is 5.58. The van der Waals surface area contributed by atoms with Crippen molar-refractivity contribution in [3.05, 3.63) is 64.2 Å². The van der Waals surface area contributed by atoms with E-state index in [4.69, 9.17) is 0 Å². The van der Waals surface area contributed by atoms with E-state index in [1.807, 2.05) is 25.1 Å². The van der Waals surface area contributed by atoms with Gasteiger partial charge in [0.2, 0.25) is 0 Å². The molecule has 0 saturated carbocycles. The topological polar surface area (TPSA) is 113 Å². The van der Waals surface area contributed by atoms with Crippen LogP contribution in [0.4, 0.5) is 17.1 Å². The Bertz CT molecular complexity index is 900. The largest absolute Gasteiger partial charge is 0.481 e. The molecule has 0 aromatic heterocycles. The van der Waals surface area contributed by atoms with Gasteiger partial charge in [0.05, 0.1) is 10.8 Å². The van der Waals surface area contributed by atoms with E-state index >= 15 is 0 Å². The summed E-state index contributed by atoms with van der Waals surface area (Å²) in [4.78, 5) is 36.7. The fraction of sp³-hybridized carbons (Fsp3) is 0.300. The third kappa shape index (κ3) is 4.11. The third-order valence-electron chi connectivity index (χ3n) is 4.99. The third-order valence-corrected chi connectivity index (χ3v) is 4.99. The van der Waals surface area contributed by atoms with Crippen LogP contribution in [0.3, 0.4) is 0 Å². The van der Waals surface area contributed by atoms with Gasteiger partial charge in [0, 0.05) is 29.9 Å². The number of anilines is 2. The van der Waals surface area contributed by atoms with E-state index in [1.54, 1.807) is 12.1 Å². The lowest BCUT2D eigenvalue weighted by Gasteiger charge is -2.36. The number of hydrogen-bond donors (Lipinski definition) is 2. The van der Waals surface area contributed by atoms with Crippen LogP contribution in [0, 0.1) is 16.0 Å². The first-order valence-corrected chi connectivity index (χ1v) is 9.01. The molecule has 1 heterocycles. The van der Waals surface area contributed by atoms with Gasteiger partial charge in [-0.25, -0.2) is 0 Å². The summed E-state index contributed by atoms with van der Waals surface area (Å²) >= 11 is 0. The van der Waals surface area contributed by atoms with E-state index < -0.39 is 22.7 Å². The van der Waals surface area contributed by atoms with Crippen molar-refractivity contribution in [2.45, 2.75) is 25.8 Å². The Labute approximate surface area is 161 Å². The number of carboxylic acid groups (broad SMARTS) is 1. The Morgan fingerprint density at radius 1 is 1.18 bits per heavy atom. The number of nitrogens with one attached hydrogen (secondary N) is 1. The molecule has 0 bridgehead atoms. The van der Waals surface area contributed by atoms with Crippen molar-refractivity contribution in [1.29, 1.82) is 0 Å². The SMILES string of the molecule is CC1CCC(C(=O)O)CN1C(=O)c1ccc(Nc2ccccc2)c([N+](=O)[O-])c1. The fourth-order valence-corrected chi connectivity index (χ4v) is 3.36. The van der Waals surface area contributed by atoms with Gasteiger partial charge in [-0.2, -0.15) is 0 Å². The van der Waals surface area contributed by atoms with Crippen LogP contribution in [0.25, 0.3) is 0 Å². The Balaban J connectivity index is 1.87. The van der Waals surface area contributed by atoms with E-state index in [2.05, 4.69) is 5.32 Å². The quantitative estimate of drug-likeness (QED) is 0.602. The first-order valence-electron chi connectivity index (χ1n) is 9.01. The molecule has 0 radical (unpaired) electrons. The molecule has 2 unspecified atom stereocenters. The van der Waals surface area contributed by atoms with Crippen molar-refractivity contribution in [2.24, 2.45) is 5.92 Å². The summed E-state index contributed by atoms with van der Waals surface area (Å²) in [5, 5.41) is 23.8. The number of likely N-dealkylation sites (tertiary alicyclic amines) is 1. The molecule has 1 amide bonds. The maximum atomic E-state index is 12.9. The van der Waals surface area contributed by atoms with E-state index in [-0.39, 0.29) is 29.5 Å². The predicted molar refractivity (Wildman–Crippen MR) is 104 cm³/mol. The van der Waals surface area contributed by atoms with Gasteiger partial charge in [-0.15, -0.1) is 0 Å². The maximum absolute atomic E-state index is 12.9. The first-order chi connectivity index (χ1) is 13.4. The zero-order valence-corrected chi connectivity index (χ0v) is 15.4. The van der Waals surface area contributed by atoms with Gasteiger partial charge in [0.1, 0.15) is 5.69 Å². The molecule has 2 N–H and O–H groups in total. The zero-order valence-electron chi connectivity index (χ0n) is 15.4. The molecular weight excluding hydrogens is 362 g/mol. The van der Waals surface area contributed by atoms with Crippen molar-refractivity contribution >= 4 is 28.9 Å². The zero-order chi connectivity index (χ0) is 20.3. The number of carbonyl (C=O) groups is 2.